The Labute approximate surface area is 116 Å². The van der Waals surface area contributed by atoms with E-state index in [1.165, 1.54) is 0 Å². The summed E-state index contributed by atoms with van der Waals surface area (Å²) < 4.78 is 7.04. The number of fused-ring (bicyclic) bond motifs is 1. The van der Waals surface area contributed by atoms with Gasteiger partial charge < -0.3 is 9.14 Å². The van der Waals surface area contributed by atoms with Crippen LogP contribution in [-0.4, -0.2) is 22.8 Å². The number of nitrogens with zero attached hydrogens (tertiary/aromatic N) is 2. The highest BCUT2D eigenvalue weighted by atomic mass is 16.5. The maximum absolute atomic E-state index is 10.9. The topological polar surface area (TPSA) is 43.6 Å². The van der Waals surface area contributed by atoms with Gasteiger partial charge in [0.25, 0.3) is 0 Å². The van der Waals surface area contributed by atoms with Crippen LogP contribution in [0.15, 0.2) is 42.7 Å². The van der Waals surface area contributed by atoms with Crippen LogP contribution in [0.5, 0.6) is 5.75 Å². The smallest absolute Gasteiger partial charge is 0.151 e. The number of carbonyl (C=O) groups excluding carboxylic acids is 1. The van der Waals surface area contributed by atoms with E-state index >= 15 is 0 Å². The highest BCUT2D eigenvalue weighted by Gasteiger charge is 2.07. The summed E-state index contributed by atoms with van der Waals surface area (Å²) in [6.07, 6.45) is 4.56. The van der Waals surface area contributed by atoms with Gasteiger partial charge in [-0.25, -0.2) is 4.98 Å². The predicted octanol–water partition coefficient (Wildman–Crippen LogP) is 3.13. The molecule has 0 radical (unpaired) electrons. The lowest BCUT2D eigenvalue weighted by Crippen LogP contribution is -1.91. The van der Waals surface area contributed by atoms with Crippen LogP contribution in [0.25, 0.3) is 16.9 Å². The quantitative estimate of drug-likeness (QED) is 0.684. The molecule has 0 bridgehead atoms. The molecule has 3 aromatic rings. The number of imidazole rings is 1. The molecule has 1 aromatic carbocycles. The third kappa shape index (κ3) is 2.05. The van der Waals surface area contributed by atoms with Crippen molar-refractivity contribution in [1.29, 1.82) is 0 Å². The molecule has 0 N–H and O–H groups in total. The number of rotatable bonds is 3. The summed E-state index contributed by atoms with van der Waals surface area (Å²) in [4.78, 5) is 15.5. The van der Waals surface area contributed by atoms with Gasteiger partial charge in [0.05, 0.1) is 12.8 Å². The molecule has 0 amide bonds. The number of hydrogen-bond acceptors (Lipinski definition) is 3. The third-order valence-corrected chi connectivity index (χ3v) is 3.28. The Bertz CT molecular complexity index is 773. The van der Waals surface area contributed by atoms with Crippen LogP contribution in [0.3, 0.4) is 0 Å². The van der Waals surface area contributed by atoms with Gasteiger partial charge in [0.15, 0.2) is 6.29 Å². The lowest BCUT2D eigenvalue weighted by atomic mass is 10.2. The third-order valence-electron chi connectivity index (χ3n) is 3.28. The monoisotopic (exact) mass is 266 g/mol. The highest BCUT2D eigenvalue weighted by Crippen LogP contribution is 2.23. The molecule has 100 valence electrons. The lowest BCUT2D eigenvalue weighted by molar-refractivity contribution is 0.112. The number of benzene rings is 1. The van der Waals surface area contributed by atoms with Gasteiger partial charge in [0, 0.05) is 23.5 Å². The molecular weight excluding hydrogens is 252 g/mol. The fourth-order valence-corrected chi connectivity index (χ4v) is 2.26. The molecule has 0 saturated carbocycles. The molecule has 0 aliphatic heterocycles. The van der Waals surface area contributed by atoms with Gasteiger partial charge in [-0.2, -0.15) is 0 Å². The second-order valence-corrected chi connectivity index (χ2v) is 4.66. The number of aromatic nitrogens is 2. The molecule has 0 aliphatic rings. The van der Waals surface area contributed by atoms with Gasteiger partial charge in [-0.05, 0) is 42.8 Å². The fourth-order valence-electron chi connectivity index (χ4n) is 2.26. The number of methoxy groups -OCH3 is 1. The number of hydrogen-bond donors (Lipinski definition) is 0. The Kier molecular flexibility index (Phi) is 2.99. The van der Waals surface area contributed by atoms with Crippen LogP contribution in [0.4, 0.5) is 0 Å². The summed E-state index contributed by atoms with van der Waals surface area (Å²) >= 11 is 0. The molecule has 0 saturated heterocycles. The van der Waals surface area contributed by atoms with Crippen molar-refractivity contribution < 1.29 is 9.53 Å². The van der Waals surface area contributed by atoms with Crippen molar-refractivity contribution in [2.45, 2.75) is 6.92 Å². The van der Waals surface area contributed by atoms with E-state index in [2.05, 4.69) is 4.98 Å². The zero-order chi connectivity index (χ0) is 14.1. The molecule has 0 aliphatic carbocycles. The summed E-state index contributed by atoms with van der Waals surface area (Å²) in [7, 11) is 1.64. The van der Waals surface area contributed by atoms with Crippen LogP contribution in [0.1, 0.15) is 15.9 Å². The Morgan fingerprint density at radius 1 is 1.20 bits per heavy atom. The molecule has 4 heteroatoms. The normalized spacial score (nSPS) is 10.7. The molecule has 0 fully saturated rings. The van der Waals surface area contributed by atoms with Crippen molar-refractivity contribution >= 4 is 11.9 Å². The van der Waals surface area contributed by atoms with E-state index in [0.29, 0.717) is 5.56 Å². The molecule has 2 aromatic heterocycles. The molecular formula is C16H14N2O2. The van der Waals surface area contributed by atoms with Gasteiger partial charge in [0.1, 0.15) is 11.4 Å². The van der Waals surface area contributed by atoms with Crippen molar-refractivity contribution in [1.82, 2.24) is 9.38 Å². The maximum Gasteiger partial charge on any atom is 0.151 e. The molecule has 20 heavy (non-hydrogen) atoms. The zero-order valence-electron chi connectivity index (χ0n) is 11.3. The Balaban J connectivity index is 2.12. The minimum absolute atomic E-state index is 0.647. The average Bonchev–Trinajstić information content (AvgIpc) is 2.92. The largest absolute Gasteiger partial charge is 0.497 e. The second-order valence-electron chi connectivity index (χ2n) is 4.66. The summed E-state index contributed by atoms with van der Waals surface area (Å²) in [5.41, 5.74) is 4.38. The van der Waals surface area contributed by atoms with Crippen LogP contribution >= 0.6 is 0 Å². The first-order valence-electron chi connectivity index (χ1n) is 6.30. The summed E-state index contributed by atoms with van der Waals surface area (Å²) in [6.45, 7) is 1.95. The molecule has 0 spiro atoms. The van der Waals surface area contributed by atoms with E-state index in [1.54, 1.807) is 13.3 Å². The Morgan fingerprint density at radius 3 is 2.60 bits per heavy atom. The zero-order valence-corrected chi connectivity index (χ0v) is 11.3. The standard InChI is InChI=1S/C16H14N2O2/c1-11-7-12(10-19)8-18-9-15(17-16(11)18)13-3-5-14(20-2)6-4-13/h3-10H,1-2H3. The van der Waals surface area contributed by atoms with Crippen molar-refractivity contribution in [3.05, 3.63) is 53.9 Å². The Morgan fingerprint density at radius 2 is 1.95 bits per heavy atom. The number of ether oxygens (including phenoxy) is 1. The van der Waals surface area contributed by atoms with Gasteiger partial charge >= 0.3 is 0 Å². The minimum atomic E-state index is 0.647. The summed E-state index contributed by atoms with van der Waals surface area (Å²) in [6, 6.07) is 9.59. The van der Waals surface area contributed by atoms with Crippen LogP contribution in [0.2, 0.25) is 0 Å². The van der Waals surface area contributed by atoms with Crippen LogP contribution in [0, 0.1) is 6.92 Å². The van der Waals surface area contributed by atoms with E-state index in [1.807, 2.05) is 47.9 Å². The van der Waals surface area contributed by atoms with Gasteiger partial charge in [-0.3, -0.25) is 4.79 Å². The van der Waals surface area contributed by atoms with E-state index in [4.69, 9.17) is 4.74 Å². The predicted molar refractivity (Wildman–Crippen MR) is 77.3 cm³/mol. The summed E-state index contributed by atoms with van der Waals surface area (Å²) in [5, 5.41) is 0. The molecule has 3 rings (SSSR count). The number of aldehydes is 1. The Hall–Kier alpha value is -2.62. The van der Waals surface area contributed by atoms with E-state index < -0.39 is 0 Å². The van der Waals surface area contributed by atoms with Crippen molar-refractivity contribution in [3.63, 3.8) is 0 Å². The maximum atomic E-state index is 10.9. The van der Waals surface area contributed by atoms with Gasteiger partial charge in [-0.15, -0.1) is 0 Å². The van der Waals surface area contributed by atoms with Crippen molar-refractivity contribution in [2.75, 3.05) is 7.11 Å². The van der Waals surface area contributed by atoms with Crippen LogP contribution < -0.4 is 4.74 Å². The van der Waals surface area contributed by atoms with Gasteiger partial charge in [-0.1, -0.05) is 0 Å². The highest BCUT2D eigenvalue weighted by molar-refractivity contribution is 5.76. The molecule has 0 atom stereocenters. The SMILES string of the molecule is COc1ccc(-c2cn3cc(C=O)cc(C)c3n2)cc1. The van der Waals surface area contributed by atoms with Crippen LogP contribution in [-0.2, 0) is 0 Å². The number of aryl methyl sites for hydroxylation is 1. The molecule has 4 nitrogen and oxygen atoms in total. The number of carbonyl (C=O) groups is 1. The van der Waals surface area contributed by atoms with E-state index in [-0.39, 0.29) is 0 Å². The number of pyridine rings is 1. The lowest BCUT2D eigenvalue weighted by Gasteiger charge is -2.00. The first-order chi connectivity index (χ1) is 9.71. The average molecular weight is 266 g/mol. The van der Waals surface area contributed by atoms with E-state index in [9.17, 15) is 4.79 Å². The minimum Gasteiger partial charge on any atom is -0.497 e. The molecule has 2 heterocycles. The fraction of sp³-hybridized carbons (Fsp3) is 0.125. The molecule has 0 unspecified atom stereocenters. The first kappa shape index (κ1) is 12.4. The van der Waals surface area contributed by atoms with Crippen molar-refractivity contribution in [2.24, 2.45) is 0 Å². The summed E-state index contributed by atoms with van der Waals surface area (Å²) in [5.74, 6) is 0.817. The first-order valence-corrected chi connectivity index (χ1v) is 6.30. The second kappa shape index (κ2) is 4.81. The van der Waals surface area contributed by atoms with E-state index in [0.717, 1.165) is 34.5 Å². The van der Waals surface area contributed by atoms with Crippen molar-refractivity contribution in [3.8, 4) is 17.0 Å². The van der Waals surface area contributed by atoms with Gasteiger partial charge in [0.2, 0.25) is 0 Å².